The van der Waals surface area contributed by atoms with Crippen molar-refractivity contribution in [1.29, 1.82) is 0 Å². The van der Waals surface area contributed by atoms with E-state index in [2.05, 4.69) is 15.6 Å². The number of anilines is 3. The number of urea groups is 1. The SMILES string of the molecule is COc1cc(OC)c(Cl)c(N2CN=C(NC(=O)Nc3cccc(C(F)(F)F)c3)c3sccc32)c1Cl. The van der Waals surface area contributed by atoms with E-state index in [1.165, 1.54) is 37.7 Å². The average molecular weight is 545 g/mol. The number of fused-ring (bicyclic) bond motifs is 1. The summed E-state index contributed by atoms with van der Waals surface area (Å²) >= 11 is 14.4. The van der Waals surface area contributed by atoms with Gasteiger partial charge in [-0.3, -0.25) is 5.32 Å². The highest BCUT2D eigenvalue weighted by molar-refractivity contribution is 7.12. The number of carbonyl (C=O) groups is 1. The first-order valence-electron chi connectivity index (χ1n) is 9.89. The van der Waals surface area contributed by atoms with Crippen molar-refractivity contribution in [1.82, 2.24) is 5.32 Å². The van der Waals surface area contributed by atoms with Crippen LogP contribution in [0.1, 0.15) is 10.4 Å². The van der Waals surface area contributed by atoms with Gasteiger partial charge in [-0.15, -0.1) is 11.3 Å². The van der Waals surface area contributed by atoms with Crippen LogP contribution in [0.25, 0.3) is 0 Å². The third kappa shape index (κ3) is 4.97. The molecule has 0 aliphatic carbocycles. The summed E-state index contributed by atoms with van der Waals surface area (Å²) in [5.41, 5.74) is 0.201. The zero-order chi connectivity index (χ0) is 25.3. The van der Waals surface area contributed by atoms with E-state index in [0.29, 0.717) is 27.8 Å². The molecule has 4 rings (SSSR count). The molecule has 0 atom stereocenters. The number of thiophene rings is 1. The Balaban J connectivity index is 1.59. The highest BCUT2D eigenvalue weighted by Gasteiger charge is 2.31. The van der Waals surface area contributed by atoms with Crippen LogP contribution in [0.4, 0.5) is 35.0 Å². The number of aliphatic imine (C=N–C) groups is 1. The predicted octanol–water partition coefficient (Wildman–Crippen LogP) is 6.77. The lowest BCUT2D eigenvalue weighted by Crippen LogP contribution is -2.38. The van der Waals surface area contributed by atoms with Gasteiger partial charge in [-0.25, -0.2) is 9.79 Å². The van der Waals surface area contributed by atoms with Crippen molar-refractivity contribution in [3.63, 3.8) is 0 Å². The van der Waals surface area contributed by atoms with Crippen LogP contribution in [0.15, 0.2) is 46.8 Å². The molecular weight excluding hydrogens is 528 g/mol. The molecule has 2 aromatic carbocycles. The Kier molecular flexibility index (Phi) is 7.02. The minimum Gasteiger partial charge on any atom is -0.495 e. The molecule has 0 bridgehead atoms. The van der Waals surface area contributed by atoms with Crippen molar-refractivity contribution in [2.24, 2.45) is 4.99 Å². The number of hydrogen-bond acceptors (Lipinski definition) is 6. The first kappa shape index (κ1) is 25.0. The van der Waals surface area contributed by atoms with Gasteiger partial charge in [0.25, 0.3) is 0 Å². The molecule has 0 unspecified atom stereocenters. The van der Waals surface area contributed by atoms with Crippen molar-refractivity contribution in [2.45, 2.75) is 6.18 Å². The molecular formula is C22H17Cl2F3N4O3S. The normalized spacial score (nSPS) is 13.1. The summed E-state index contributed by atoms with van der Waals surface area (Å²) in [5.74, 6) is 0.957. The first-order valence-corrected chi connectivity index (χ1v) is 11.5. The van der Waals surface area contributed by atoms with Crippen molar-refractivity contribution in [3.8, 4) is 11.5 Å². The second-order valence-electron chi connectivity index (χ2n) is 7.13. The van der Waals surface area contributed by atoms with Crippen LogP contribution in [-0.4, -0.2) is 32.8 Å². The van der Waals surface area contributed by atoms with E-state index in [0.717, 1.165) is 12.1 Å². The Bertz CT molecular complexity index is 1290. The summed E-state index contributed by atoms with van der Waals surface area (Å²) in [7, 11) is 2.93. The fourth-order valence-corrected chi connectivity index (χ4v) is 4.99. The van der Waals surface area contributed by atoms with Crippen molar-refractivity contribution >= 4 is 63.5 Å². The van der Waals surface area contributed by atoms with E-state index in [4.69, 9.17) is 32.7 Å². The zero-order valence-electron chi connectivity index (χ0n) is 18.2. The molecule has 0 radical (unpaired) electrons. The van der Waals surface area contributed by atoms with Gasteiger partial charge < -0.3 is 19.7 Å². The molecule has 2 heterocycles. The van der Waals surface area contributed by atoms with Crippen molar-refractivity contribution in [3.05, 3.63) is 62.3 Å². The highest BCUT2D eigenvalue weighted by Crippen LogP contribution is 2.49. The van der Waals surface area contributed by atoms with Gasteiger partial charge in [0.15, 0.2) is 5.84 Å². The molecule has 13 heteroatoms. The van der Waals surface area contributed by atoms with Crippen LogP contribution in [0.3, 0.4) is 0 Å². The number of nitrogens with one attached hydrogen (secondary N) is 2. The molecule has 2 amide bonds. The number of hydrogen-bond donors (Lipinski definition) is 2. The van der Waals surface area contributed by atoms with Gasteiger partial charge in [0, 0.05) is 11.8 Å². The number of rotatable bonds is 4. The number of alkyl halides is 3. The second kappa shape index (κ2) is 9.84. The fourth-order valence-electron chi connectivity index (χ4n) is 3.42. The maximum atomic E-state index is 13.0. The summed E-state index contributed by atoms with van der Waals surface area (Å²) in [6.45, 7) is 0.0403. The van der Waals surface area contributed by atoms with E-state index in [-0.39, 0.29) is 28.2 Å². The molecule has 1 aliphatic heterocycles. The minimum absolute atomic E-state index is 0.0104. The lowest BCUT2D eigenvalue weighted by atomic mass is 10.2. The molecule has 7 nitrogen and oxygen atoms in total. The molecule has 35 heavy (non-hydrogen) atoms. The van der Waals surface area contributed by atoms with Gasteiger partial charge in [-0.2, -0.15) is 13.2 Å². The van der Waals surface area contributed by atoms with E-state index in [9.17, 15) is 18.0 Å². The molecule has 184 valence electrons. The topological polar surface area (TPSA) is 75.2 Å². The number of halogens is 5. The predicted molar refractivity (Wildman–Crippen MR) is 131 cm³/mol. The molecule has 1 aliphatic rings. The molecule has 0 saturated heterocycles. The van der Waals surface area contributed by atoms with Crippen molar-refractivity contribution in [2.75, 3.05) is 31.1 Å². The first-order chi connectivity index (χ1) is 16.6. The number of methoxy groups -OCH3 is 2. The Morgan fingerprint density at radius 1 is 1.09 bits per heavy atom. The third-order valence-electron chi connectivity index (χ3n) is 5.02. The van der Waals surface area contributed by atoms with Crippen LogP contribution in [0.5, 0.6) is 11.5 Å². The summed E-state index contributed by atoms with van der Waals surface area (Å²) in [6.07, 6.45) is -4.53. The average Bonchev–Trinajstić information content (AvgIpc) is 3.31. The van der Waals surface area contributed by atoms with E-state index >= 15 is 0 Å². The third-order valence-corrected chi connectivity index (χ3v) is 6.66. The lowest BCUT2D eigenvalue weighted by molar-refractivity contribution is -0.137. The Labute approximate surface area is 212 Å². The van der Waals surface area contributed by atoms with E-state index < -0.39 is 17.8 Å². The van der Waals surface area contributed by atoms with Crippen LogP contribution in [-0.2, 0) is 6.18 Å². The smallest absolute Gasteiger partial charge is 0.416 e. The summed E-state index contributed by atoms with van der Waals surface area (Å²) in [4.78, 5) is 19.3. The van der Waals surface area contributed by atoms with Crippen LogP contribution < -0.4 is 25.0 Å². The zero-order valence-corrected chi connectivity index (χ0v) is 20.5. The molecule has 0 saturated carbocycles. The van der Waals surface area contributed by atoms with Crippen LogP contribution in [0, 0.1) is 0 Å². The largest absolute Gasteiger partial charge is 0.495 e. The number of benzene rings is 2. The van der Waals surface area contributed by atoms with Crippen LogP contribution >= 0.6 is 34.5 Å². The van der Waals surface area contributed by atoms with Gasteiger partial charge in [-0.1, -0.05) is 29.3 Å². The van der Waals surface area contributed by atoms with E-state index in [1.54, 1.807) is 22.4 Å². The van der Waals surface area contributed by atoms with Gasteiger partial charge in [0.2, 0.25) is 0 Å². The molecule has 1 aromatic heterocycles. The van der Waals surface area contributed by atoms with Gasteiger partial charge in [0.05, 0.1) is 36.0 Å². The van der Waals surface area contributed by atoms with Crippen molar-refractivity contribution < 1.29 is 27.4 Å². The molecule has 0 fully saturated rings. The molecule has 2 N–H and O–H groups in total. The van der Waals surface area contributed by atoms with E-state index in [1.807, 2.05) is 0 Å². The fraction of sp³-hybridized carbons (Fsp3) is 0.182. The Hall–Kier alpha value is -3.15. The summed E-state index contributed by atoms with van der Waals surface area (Å²) in [6, 6.07) is 6.97. The lowest BCUT2D eigenvalue weighted by Gasteiger charge is -2.30. The number of ether oxygens (including phenoxy) is 2. The summed E-state index contributed by atoms with van der Waals surface area (Å²) < 4.78 is 49.5. The van der Waals surface area contributed by atoms with Gasteiger partial charge >= 0.3 is 12.2 Å². The highest BCUT2D eigenvalue weighted by atomic mass is 35.5. The summed E-state index contributed by atoms with van der Waals surface area (Å²) in [5, 5.41) is 7.31. The standard InChI is InChI=1S/C22H17Cl2F3N4O3S/c1-33-14-9-15(34-2)17(24)18(16(14)23)31-10-28-20(19-13(31)6-7-35-19)30-21(32)29-12-5-3-4-11(8-12)22(25,26)27/h3-9H,10H2,1-2H3,(H2,28,29,30,32). The van der Waals surface area contributed by atoms with Gasteiger partial charge in [-0.05, 0) is 29.6 Å². The molecule has 3 aromatic rings. The maximum absolute atomic E-state index is 13.0. The Morgan fingerprint density at radius 3 is 2.40 bits per heavy atom. The van der Waals surface area contributed by atoms with Crippen LogP contribution in [0.2, 0.25) is 10.0 Å². The van der Waals surface area contributed by atoms with Gasteiger partial charge in [0.1, 0.15) is 28.2 Å². The minimum atomic E-state index is -4.53. The monoisotopic (exact) mass is 544 g/mol. The Morgan fingerprint density at radius 2 is 1.77 bits per heavy atom. The number of nitrogens with zero attached hydrogens (tertiary/aromatic N) is 2. The number of carbonyl (C=O) groups excluding carboxylic acids is 1. The maximum Gasteiger partial charge on any atom is 0.416 e. The number of amides is 2. The molecule has 0 spiro atoms. The number of amidine groups is 1. The quantitative estimate of drug-likeness (QED) is 0.380. The second-order valence-corrected chi connectivity index (χ2v) is 8.80.